The molecule has 2 aromatic heterocycles. The van der Waals surface area contributed by atoms with Crippen molar-refractivity contribution in [1.29, 1.82) is 0 Å². The quantitative estimate of drug-likeness (QED) is 0.442. The molecular weight excluding hydrogens is 402 g/mol. The van der Waals surface area contributed by atoms with Crippen LogP contribution in [0, 0.1) is 5.92 Å². The Labute approximate surface area is 180 Å². The molecule has 0 bridgehead atoms. The standard InChI is InChI=1S/C22H31N3O4S/c1-4-6-19(27)29-13-15(26)11-25(9-5-2)12-18-23-21(28)20-16-8-7-14(3)10-17(16)30-22(20)24-18/h5,14-15,26H,2,4,6-13H2,1,3H3,(H,23,24,28)/t14-,15+/m0/s1. The van der Waals surface area contributed by atoms with Gasteiger partial charge in [-0.2, -0.15) is 0 Å². The molecule has 0 unspecified atom stereocenters. The lowest BCUT2D eigenvalue weighted by Gasteiger charge is -2.23. The number of aromatic amines is 1. The average Bonchev–Trinajstić information content (AvgIpc) is 3.04. The van der Waals surface area contributed by atoms with Gasteiger partial charge in [0, 0.05) is 24.4 Å². The van der Waals surface area contributed by atoms with Crippen molar-refractivity contribution in [2.75, 3.05) is 19.7 Å². The lowest BCUT2D eigenvalue weighted by atomic mass is 9.89. The maximum atomic E-state index is 12.8. The normalized spacial score (nSPS) is 17.1. The smallest absolute Gasteiger partial charge is 0.305 e. The van der Waals surface area contributed by atoms with Crippen molar-refractivity contribution < 1.29 is 14.6 Å². The number of carbonyl (C=O) groups is 1. The molecule has 0 aromatic carbocycles. The van der Waals surface area contributed by atoms with Gasteiger partial charge in [-0.15, -0.1) is 17.9 Å². The third kappa shape index (κ3) is 5.56. The molecule has 8 heteroatoms. The molecule has 0 saturated heterocycles. The summed E-state index contributed by atoms with van der Waals surface area (Å²) in [6.07, 6.45) is 5.02. The molecular formula is C22H31N3O4S. The first kappa shape index (κ1) is 22.7. The number of nitrogens with zero attached hydrogens (tertiary/aromatic N) is 2. The summed E-state index contributed by atoms with van der Waals surface area (Å²) in [5, 5.41) is 11.0. The van der Waals surface area contributed by atoms with E-state index in [4.69, 9.17) is 9.72 Å². The molecule has 2 atom stereocenters. The Bertz CT molecular complexity index is 952. The number of aliphatic hydroxyl groups is 1. The Balaban J connectivity index is 1.71. The van der Waals surface area contributed by atoms with Crippen LogP contribution in [0.25, 0.3) is 10.2 Å². The van der Waals surface area contributed by atoms with Crippen molar-refractivity contribution in [3.63, 3.8) is 0 Å². The number of aliphatic hydroxyl groups excluding tert-OH is 1. The Kier molecular flexibility index (Phi) is 7.80. The molecule has 1 aliphatic carbocycles. The van der Waals surface area contributed by atoms with Crippen LogP contribution in [0.1, 0.15) is 49.4 Å². The summed E-state index contributed by atoms with van der Waals surface area (Å²) in [6, 6.07) is 0. The fraction of sp³-hybridized carbons (Fsp3) is 0.591. The first-order valence-corrected chi connectivity index (χ1v) is 11.4. The zero-order chi connectivity index (χ0) is 21.7. The number of aryl methyl sites for hydroxylation is 1. The summed E-state index contributed by atoms with van der Waals surface area (Å²) < 4.78 is 5.09. The number of ether oxygens (including phenoxy) is 1. The van der Waals surface area contributed by atoms with Crippen LogP contribution in [0.2, 0.25) is 0 Å². The first-order chi connectivity index (χ1) is 14.4. The van der Waals surface area contributed by atoms with Gasteiger partial charge in [0.15, 0.2) is 0 Å². The van der Waals surface area contributed by atoms with Crippen LogP contribution < -0.4 is 5.56 Å². The predicted molar refractivity (Wildman–Crippen MR) is 119 cm³/mol. The molecule has 30 heavy (non-hydrogen) atoms. The van der Waals surface area contributed by atoms with Crippen molar-refractivity contribution in [3.05, 3.63) is 39.3 Å². The summed E-state index contributed by atoms with van der Waals surface area (Å²) in [4.78, 5) is 35.9. The maximum Gasteiger partial charge on any atom is 0.305 e. The third-order valence-electron chi connectivity index (χ3n) is 5.33. The lowest BCUT2D eigenvalue weighted by Crippen LogP contribution is -2.36. The fourth-order valence-electron chi connectivity index (χ4n) is 3.88. The van der Waals surface area contributed by atoms with E-state index in [9.17, 15) is 14.7 Å². The van der Waals surface area contributed by atoms with Crippen LogP contribution in [0.15, 0.2) is 17.4 Å². The molecule has 1 aliphatic rings. The molecule has 0 saturated carbocycles. The van der Waals surface area contributed by atoms with Crippen LogP contribution in [0.4, 0.5) is 0 Å². The van der Waals surface area contributed by atoms with Crippen molar-refractivity contribution in [3.8, 4) is 0 Å². The van der Waals surface area contributed by atoms with Gasteiger partial charge < -0.3 is 14.8 Å². The van der Waals surface area contributed by atoms with E-state index >= 15 is 0 Å². The molecule has 0 radical (unpaired) electrons. The minimum atomic E-state index is -0.822. The number of carbonyl (C=O) groups excluding carboxylic acids is 1. The zero-order valence-electron chi connectivity index (χ0n) is 17.8. The van der Waals surface area contributed by atoms with Crippen LogP contribution in [0.5, 0.6) is 0 Å². The Morgan fingerprint density at radius 1 is 1.53 bits per heavy atom. The van der Waals surface area contributed by atoms with Gasteiger partial charge in [-0.1, -0.05) is 19.9 Å². The van der Waals surface area contributed by atoms with E-state index < -0.39 is 6.10 Å². The first-order valence-electron chi connectivity index (χ1n) is 10.6. The lowest BCUT2D eigenvalue weighted by molar-refractivity contribution is -0.147. The second-order valence-corrected chi connectivity index (χ2v) is 9.20. The van der Waals surface area contributed by atoms with E-state index in [2.05, 4.69) is 18.5 Å². The summed E-state index contributed by atoms with van der Waals surface area (Å²) >= 11 is 1.63. The summed E-state index contributed by atoms with van der Waals surface area (Å²) in [5.41, 5.74) is 1.08. The molecule has 2 aromatic rings. The van der Waals surface area contributed by atoms with E-state index in [1.54, 1.807) is 17.4 Å². The highest BCUT2D eigenvalue weighted by molar-refractivity contribution is 7.18. The number of thiophene rings is 1. The van der Waals surface area contributed by atoms with Crippen LogP contribution in [-0.4, -0.2) is 51.7 Å². The highest BCUT2D eigenvalue weighted by Crippen LogP contribution is 2.35. The Hall–Kier alpha value is -2.03. The zero-order valence-corrected chi connectivity index (χ0v) is 18.6. The molecule has 2 N–H and O–H groups in total. The summed E-state index contributed by atoms with van der Waals surface area (Å²) in [7, 11) is 0. The summed E-state index contributed by atoms with van der Waals surface area (Å²) in [5.74, 6) is 0.899. The topological polar surface area (TPSA) is 95.5 Å². The summed E-state index contributed by atoms with van der Waals surface area (Å²) in [6.45, 7) is 9.03. The number of hydrogen-bond acceptors (Lipinski definition) is 7. The van der Waals surface area contributed by atoms with E-state index in [1.165, 1.54) is 10.4 Å². The number of esters is 1. The molecule has 3 rings (SSSR count). The van der Waals surface area contributed by atoms with Gasteiger partial charge in [-0.05, 0) is 37.2 Å². The molecule has 0 aliphatic heterocycles. The Morgan fingerprint density at radius 2 is 2.33 bits per heavy atom. The Morgan fingerprint density at radius 3 is 3.07 bits per heavy atom. The second kappa shape index (κ2) is 10.3. The van der Waals surface area contributed by atoms with Crippen molar-refractivity contribution in [1.82, 2.24) is 14.9 Å². The van der Waals surface area contributed by atoms with Gasteiger partial charge in [0.05, 0.1) is 11.9 Å². The van der Waals surface area contributed by atoms with Gasteiger partial charge >= 0.3 is 5.97 Å². The molecule has 164 valence electrons. The SMILES string of the molecule is C=CCN(Cc1nc2sc3c(c2c(=O)[nH]1)CC[C@H](C)C3)C[C@@H](O)COC(=O)CCC. The number of H-pyrrole nitrogens is 1. The van der Waals surface area contributed by atoms with Crippen molar-refractivity contribution >= 4 is 27.5 Å². The monoisotopic (exact) mass is 433 g/mol. The number of rotatable bonds is 10. The second-order valence-electron chi connectivity index (χ2n) is 8.11. The average molecular weight is 434 g/mol. The molecule has 0 spiro atoms. The van der Waals surface area contributed by atoms with E-state index in [0.29, 0.717) is 37.7 Å². The molecule has 0 fully saturated rings. The van der Waals surface area contributed by atoms with Crippen LogP contribution in [0.3, 0.4) is 0 Å². The van der Waals surface area contributed by atoms with Crippen LogP contribution >= 0.6 is 11.3 Å². The number of aromatic nitrogens is 2. The minimum absolute atomic E-state index is 0.0503. The van der Waals surface area contributed by atoms with Crippen molar-refractivity contribution in [2.45, 2.75) is 58.6 Å². The van der Waals surface area contributed by atoms with Gasteiger partial charge in [0.25, 0.3) is 5.56 Å². The fourth-order valence-corrected chi connectivity index (χ4v) is 5.28. The minimum Gasteiger partial charge on any atom is -0.463 e. The maximum absolute atomic E-state index is 12.8. The van der Waals surface area contributed by atoms with E-state index in [-0.39, 0.29) is 24.7 Å². The van der Waals surface area contributed by atoms with Gasteiger partial charge in [0.2, 0.25) is 0 Å². The predicted octanol–water partition coefficient (Wildman–Crippen LogP) is 2.80. The van der Waals surface area contributed by atoms with Crippen LogP contribution in [-0.2, 0) is 28.9 Å². The highest BCUT2D eigenvalue weighted by atomic mass is 32.1. The van der Waals surface area contributed by atoms with Gasteiger partial charge in [-0.3, -0.25) is 14.5 Å². The van der Waals surface area contributed by atoms with Crippen molar-refractivity contribution in [2.24, 2.45) is 5.92 Å². The number of hydrogen-bond donors (Lipinski definition) is 2. The highest BCUT2D eigenvalue weighted by Gasteiger charge is 2.23. The third-order valence-corrected chi connectivity index (χ3v) is 6.48. The van der Waals surface area contributed by atoms with E-state index in [1.807, 2.05) is 11.8 Å². The van der Waals surface area contributed by atoms with Gasteiger partial charge in [0.1, 0.15) is 23.4 Å². The largest absolute Gasteiger partial charge is 0.463 e. The molecule has 2 heterocycles. The molecule has 7 nitrogen and oxygen atoms in total. The number of fused-ring (bicyclic) bond motifs is 3. The molecule has 0 amide bonds. The number of nitrogens with one attached hydrogen (secondary N) is 1. The van der Waals surface area contributed by atoms with Gasteiger partial charge in [-0.25, -0.2) is 4.98 Å². The van der Waals surface area contributed by atoms with E-state index in [0.717, 1.165) is 29.5 Å².